The predicted molar refractivity (Wildman–Crippen MR) is 82.6 cm³/mol. The monoisotopic (exact) mass is 278 g/mol. The van der Waals surface area contributed by atoms with Gasteiger partial charge in [-0.2, -0.15) is 0 Å². The molecule has 0 amide bonds. The highest BCUT2D eigenvalue weighted by Crippen LogP contribution is 2.33. The van der Waals surface area contributed by atoms with Crippen LogP contribution < -0.4 is 15.0 Å². The van der Waals surface area contributed by atoms with Crippen molar-refractivity contribution in [3.8, 4) is 5.75 Å². The third-order valence-corrected chi connectivity index (χ3v) is 4.06. The van der Waals surface area contributed by atoms with E-state index in [9.17, 15) is 0 Å². The van der Waals surface area contributed by atoms with Gasteiger partial charge in [0.15, 0.2) is 11.6 Å². The van der Waals surface area contributed by atoms with Crippen LogP contribution in [0.5, 0.6) is 5.75 Å². The molecule has 112 valence electrons. The molecule has 1 unspecified atom stereocenters. The Morgan fingerprint density at radius 1 is 1.30 bits per heavy atom. The zero-order valence-corrected chi connectivity index (χ0v) is 12.9. The highest BCUT2D eigenvalue weighted by Gasteiger charge is 2.21. The van der Waals surface area contributed by atoms with Crippen molar-refractivity contribution in [3.63, 3.8) is 0 Å². The molecule has 5 nitrogen and oxygen atoms in total. The van der Waals surface area contributed by atoms with Crippen LogP contribution in [0.25, 0.3) is 0 Å². The Labute approximate surface area is 121 Å². The van der Waals surface area contributed by atoms with Crippen LogP contribution in [0.4, 0.5) is 11.6 Å². The van der Waals surface area contributed by atoms with Gasteiger partial charge in [0, 0.05) is 19.6 Å². The number of hydrogen-bond acceptors (Lipinski definition) is 5. The normalized spacial score (nSPS) is 19.6. The van der Waals surface area contributed by atoms with Crippen LogP contribution in [-0.2, 0) is 0 Å². The molecule has 2 heterocycles. The van der Waals surface area contributed by atoms with E-state index >= 15 is 0 Å². The van der Waals surface area contributed by atoms with Gasteiger partial charge in [0.1, 0.15) is 6.33 Å². The average molecular weight is 278 g/mol. The number of nitrogens with one attached hydrogen (secondary N) is 1. The van der Waals surface area contributed by atoms with Crippen LogP contribution in [0.3, 0.4) is 0 Å². The van der Waals surface area contributed by atoms with Crippen molar-refractivity contribution < 1.29 is 4.74 Å². The fraction of sp³-hybridized carbons (Fsp3) is 0.733. The predicted octanol–water partition coefficient (Wildman–Crippen LogP) is 2.93. The second-order valence-electron chi connectivity index (χ2n) is 5.30. The summed E-state index contributed by atoms with van der Waals surface area (Å²) in [5.41, 5.74) is 0. The molecule has 0 aliphatic carbocycles. The molecular formula is C15H26N4O. The maximum Gasteiger partial charge on any atom is 0.204 e. The molecule has 1 saturated heterocycles. The van der Waals surface area contributed by atoms with Gasteiger partial charge in [-0.05, 0) is 32.1 Å². The number of anilines is 2. The van der Waals surface area contributed by atoms with Crippen molar-refractivity contribution in [2.24, 2.45) is 5.92 Å². The molecule has 1 aliphatic rings. The number of methoxy groups -OCH3 is 1. The second-order valence-corrected chi connectivity index (χ2v) is 5.30. The van der Waals surface area contributed by atoms with Crippen LogP contribution >= 0.6 is 0 Å². The van der Waals surface area contributed by atoms with Crippen LogP contribution in [0, 0.1) is 5.92 Å². The average Bonchev–Trinajstić information content (AvgIpc) is 2.72. The minimum atomic E-state index is 0.768. The van der Waals surface area contributed by atoms with Crippen molar-refractivity contribution in [2.75, 3.05) is 37.0 Å². The molecular weight excluding hydrogens is 252 g/mol. The van der Waals surface area contributed by atoms with Crippen LogP contribution in [0.1, 0.15) is 39.5 Å². The first-order valence-electron chi connectivity index (χ1n) is 7.67. The summed E-state index contributed by atoms with van der Waals surface area (Å²) in [5.74, 6) is 3.33. The van der Waals surface area contributed by atoms with Crippen LogP contribution in [0.2, 0.25) is 0 Å². The molecule has 1 atom stereocenters. The first kappa shape index (κ1) is 14.9. The molecule has 1 N–H and O–H groups in total. The van der Waals surface area contributed by atoms with E-state index in [0.717, 1.165) is 42.9 Å². The van der Waals surface area contributed by atoms with E-state index in [0.29, 0.717) is 0 Å². The highest BCUT2D eigenvalue weighted by atomic mass is 16.5. The largest absolute Gasteiger partial charge is 0.490 e. The molecule has 0 saturated carbocycles. The Balaban J connectivity index is 2.20. The summed E-state index contributed by atoms with van der Waals surface area (Å²) in [5, 5.41) is 3.24. The highest BCUT2D eigenvalue weighted by molar-refractivity contribution is 5.64. The van der Waals surface area contributed by atoms with Gasteiger partial charge in [-0.25, -0.2) is 9.97 Å². The summed E-state index contributed by atoms with van der Waals surface area (Å²) in [6, 6.07) is 0. The van der Waals surface area contributed by atoms with E-state index in [1.54, 1.807) is 13.4 Å². The smallest absolute Gasteiger partial charge is 0.204 e. The van der Waals surface area contributed by atoms with Crippen LogP contribution in [0.15, 0.2) is 6.33 Å². The first-order chi connectivity index (χ1) is 9.80. The van der Waals surface area contributed by atoms with E-state index in [2.05, 4.69) is 34.0 Å². The number of ether oxygens (including phenoxy) is 1. The van der Waals surface area contributed by atoms with E-state index in [1.165, 1.54) is 25.7 Å². The first-order valence-corrected chi connectivity index (χ1v) is 7.67. The number of hydrogen-bond donors (Lipinski definition) is 1. The summed E-state index contributed by atoms with van der Waals surface area (Å²) >= 11 is 0. The summed E-state index contributed by atoms with van der Waals surface area (Å²) in [6.45, 7) is 7.27. The van der Waals surface area contributed by atoms with Gasteiger partial charge in [0.2, 0.25) is 5.75 Å². The summed E-state index contributed by atoms with van der Waals surface area (Å²) in [4.78, 5) is 11.1. The van der Waals surface area contributed by atoms with Crippen molar-refractivity contribution >= 4 is 11.6 Å². The molecule has 1 aromatic heterocycles. The quantitative estimate of drug-likeness (QED) is 0.897. The van der Waals surface area contributed by atoms with Gasteiger partial charge in [-0.15, -0.1) is 0 Å². The number of aromatic nitrogens is 2. The molecule has 5 heteroatoms. The Bertz CT molecular complexity index is 424. The Kier molecular flexibility index (Phi) is 5.44. The van der Waals surface area contributed by atoms with E-state index in [-0.39, 0.29) is 0 Å². The standard InChI is InChI=1S/C15H26N4O/c1-4-12-7-6-9-19(10-8-12)15-13(20-3)14(16-5-2)17-11-18-15/h11-12H,4-10H2,1-3H3,(H,16,17,18). The molecule has 1 aliphatic heterocycles. The molecule has 1 aromatic rings. The fourth-order valence-corrected chi connectivity index (χ4v) is 2.86. The lowest BCUT2D eigenvalue weighted by Gasteiger charge is -2.24. The van der Waals surface area contributed by atoms with Crippen molar-refractivity contribution in [3.05, 3.63) is 6.33 Å². The van der Waals surface area contributed by atoms with E-state index < -0.39 is 0 Å². The SMILES string of the molecule is CCNc1ncnc(N2CCCC(CC)CC2)c1OC. The van der Waals surface area contributed by atoms with Gasteiger partial charge < -0.3 is 15.0 Å². The third kappa shape index (κ3) is 3.32. The molecule has 20 heavy (non-hydrogen) atoms. The molecule has 0 spiro atoms. The summed E-state index contributed by atoms with van der Waals surface area (Å²) in [7, 11) is 1.69. The Morgan fingerprint density at radius 2 is 2.15 bits per heavy atom. The second kappa shape index (κ2) is 7.31. The van der Waals surface area contributed by atoms with E-state index in [1.807, 2.05) is 0 Å². The number of rotatable bonds is 5. The topological polar surface area (TPSA) is 50.3 Å². The Morgan fingerprint density at radius 3 is 2.85 bits per heavy atom. The zero-order valence-electron chi connectivity index (χ0n) is 12.9. The minimum Gasteiger partial charge on any atom is -0.490 e. The van der Waals surface area contributed by atoms with Crippen molar-refractivity contribution in [1.29, 1.82) is 0 Å². The van der Waals surface area contributed by atoms with Gasteiger partial charge >= 0.3 is 0 Å². The summed E-state index contributed by atoms with van der Waals surface area (Å²) in [6.07, 6.45) is 6.68. The third-order valence-electron chi connectivity index (χ3n) is 4.06. The Hall–Kier alpha value is -1.52. The van der Waals surface area contributed by atoms with Gasteiger partial charge in [-0.1, -0.05) is 13.3 Å². The van der Waals surface area contributed by atoms with Gasteiger partial charge in [0.25, 0.3) is 0 Å². The molecule has 0 bridgehead atoms. The maximum atomic E-state index is 5.55. The molecule has 0 aromatic carbocycles. The molecule has 2 rings (SSSR count). The maximum absolute atomic E-state index is 5.55. The van der Waals surface area contributed by atoms with Gasteiger partial charge in [-0.3, -0.25) is 0 Å². The van der Waals surface area contributed by atoms with Crippen LogP contribution in [-0.4, -0.2) is 36.7 Å². The molecule has 1 fully saturated rings. The zero-order chi connectivity index (χ0) is 14.4. The lowest BCUT2D eigenvalue weighted by molar-refractivity contribution is 0.412. The van der Waals surface area contributed by atoms with Gasteiger partial charge in [0.05, 0.1) is 7.11 Å². The lowest BCUT2D eigenvalue weighted by atomic mass is 9.98. The molecule has 0 radical (unpaired) electrons. The fourth-order valence-electron chi connectivity index (χ4n) is 2.86. The van der Waals surface area contributed by atoms with Crippen molar-refractivity contribution in [2.45, 2.75) is 39.5 Å². The summed E-state index contributed by atoms with van der Waals surface area (Å²) < 4.78 is 5.55. The van der Waals surface area contributed by atoms with Crippen molar-refractivity contribution in [1.82, 2.24) is 9.97 Å². The lowest BCUT2D eigenvalue weighted by Crippen LogP contribution is -2.26. The van der Waals surface area contributed by atoms with E-state index in [4.69, 9.17) is 4.74 Å². The number of nitrogens with zero attached hydrogens (tertiary/aromatic N) is 3. The minimum absolute atomic E-state index is 0.768.